The van der Waals surface area contributed by atoms with E-state index in [0.29, 0.717) is 23.4 Å². The molecule has 2 aliphatic rings. The van der Waals surface area contributed by atoms with E-state index in [0.717, 1.165) is 25.3 Å². The maximum Gasteiger partial charge on any atom is 0.472 e. The number of nitrogen functional groups attached to an aromatic ring is 1. The fourth-order valence-electron chi connectivity index (χ4n) is 8.07. The van der Waals surface area contributed by atoms with E-state index in [9.17, 15) is 29.3 Å². The van der Waals surface area contributed by atoms with Gasteiger partial charge < -0.3 is 35.1 Å². The minimum atomic E-state index is -4.84. The molecule has 3 aromatic rings. The average Bonchev–Trinajstić information content (AvgIpc) is 3.45. The van der Waals surface area contributed by atoms with Crippen LogP contribution in [0.2, 0.25) is 0 Å². The van der Waals surface area contributed by atoms with E-state index in [1.165, 1.54) is 119 Å². The Balaban J connectivity index is 1.00. The summed E-state index contributed by atoms with van der Waals surface area (Å²) < 4.78 is 57.2. The van der Waals surface area contributed by atoms with Gasteiger partial charge in [-0.1, -0.05) is 116 Å². The first-order valence-corrected chi connectivity index (χ1v) is 23.1. The maximum atomic E-state index is 14.1. The Morgan fingerprint density at radius 3 is 2.15 bits per heavy atom. The summed E-state index contributed by atoms with van der Waals surface area (Å²) >= 11 is 0. The molecule has 1 saturated heterocycles. The fourth-order valence-corrected chi connectivity index (χ4v) is 9.05. The molecule has 5 rings (SSSR count). The van der Waals surface area contributed by atoms with Crippen LogP contribution >= 0.6 is 7.82 Å². The van der Waals surface area contributed by atoms with Crippen molar-refractivity contribution in [1.29, 1.82) is 5.26 Å². The van der Waals surface area contributed by atoms with Crippen molar-refractivity contribution in [3.63, 3.8) is 0 Å². The molecule has 2 unspecified atom stereocenters. The Labute approximate surface area is 348 Å². The van der Waals surface area contributed by atoms with E-state index >= 15 is 0 Å². The molecule has 1 aromatic carbocycles. The lowest BCUT2D eigenvalue weighted by atomic mass is 9.91. The highest BCUT2D eigenvalue weighted by Gasteiger charge is 2.82. The van der Waals surface area contributed by atoms with Crippen LogP contribution in [0, 0.1) is 17.1 Å². The lowest BCUT2D eigenvalue weighted by molar-refractivity contribution is -0.127. The molecule has 59 heavy (non-hydrogen) atoms. The van der Waals surface area contributed by atoms with Crippen molar-refractivity contribution in [1.82, 2.24) is 14.6 Å². The van der Waals surface area contributed by atoms with E-state index in [2.05, 4.69) is 17.0 Å². The number of phosphoric ester groups is 1. The van der Waals surface area contributed by atoms with Crippen LogP contribution in [-0.2, 0) is 40.0 Å². The standard InChI is InChI=1S/C43H65FN5O9P/c1-3-4-5-6-7-8-9-10-11-12-13-14-15-16-17-18-19-20-23-54-29-35(55-28-33-24-32(27-45)25-34(44)26-33)30-56-59(52,53)58-39-38-43(39,51)41(50)42(2,57-38)37-22-21-36-40(46)47-31-48-49(36)37/h21-22,24-26,31,35,38-39,41,50-51H,3-20,23,28-30H2,1-2H3,(H,52,53)(H2,46,47,48)/t35-,38-,39?,41+,42+,43+/m1/s1. The first-order valence-electron chi connectivity index (χ1n) is 21.6. The highest BCUT2D eigenvalue weighted by molar-refractivity contribution is 7.47. The molecule has 0 amide bonds. The normalized spacial score (nSPS) is 23.9. The predicted octanol–water partition coefficient (Wildman–Crippen LogP) is 8.19. The molecular formula is C43H65FN5O9P. The molecule has 1 aliphatic heterocycles. The van der Waals surface area contributed by atoms with Gasteiger partial charge in [-0.2, -0.15) is 10.4 Å². The van der Waals surface area contributed by atoms with Crippen molar-refractivity contribution < 1.29 is 47.3 Å². The number of unbranched alkanes of at least 4 members (excludes halogenated alkanes) is 17. The second-order valence-corrected chi connectivity index (χ2v) is 17.8. The molecule has 0 bridgehead atoms. The quantitative estimate of drug-likeness (QED) is 0.0370. The number of anilines is 1. The second kappa shape index (κ2) is 22.7. The van der Waals surface area contributed by atoms with E-state index in [1.54, 1.807) is 19.1 Å². The summed E-state index contributed by atoms with van der Waals surface area (Å²) in [5, 5.41) is 36.1. The number of fused-ring (bicyclic) bond motifs is 2. The molecule has 1 saturated carbocycles. The number of nitrogens with two attached hydrogens (primary N) is 1. The Bertz CT molecular complexity index is 1850. The molecule has 1 aliphatic carbocycles. The largest absolute Gasteiger partial charge is 0.472 e. The molecule has 328 valence electrons. The topological polar surface area (TPSA) is 204 Å². The predicted molar refractivity (Wildman–Crippen MR) is 221 cm³/mol. The van der Waals surface area contributed by atoms with Gasteiger partial charge in [0.15, 0.2) is 11.4 Å². The third-order valence-electron chi connectivity index (χ3n) is 11.6. The van der Waals surface area contributed by atoms with Gasteiger partial charge in [0, 0.05) is 6.61 Å². The lowest BCUT2D eigenvalue weighted by Gasteiger charge is -2.32. The van der Waals surface area contributed by atoms with Gasteiger partial charge in [0.2, 0.25) is 0 Å². The SMILES string of the molecule is CCCCCCCCCCCCCCCCCCCCOC[C@H](COP(=O)(O)OC1[C@H]2O[C@@](C)(c3ccc4c(N)ncnn34)[C@H](O)[C@@]12O)OCc1cc(F)cc(C#N)c1. The van der Waals surface area contributed by atoms with Crippen molar-refractivity contribution in [2.45, 2.75) is 172 Å². The summed E-state index contributed by atoms with van der Waals surface area (Å²) in [6, 6.07) is 9.05. The van der Waals surface area contributed by atoms with Gasteiger partial charge in [0.05, 0.1) is 37.1 Å². The van der Waals surface area contributed by atoms with Gasteiger partial charge in [-0.3, -0.25) is 9.05 Å². The molecule has 16 heteroatoms. The van der Waals surface area contributed by atoms with Crippen LogP contribution in [0.15, 0.2) is 36.7 Å². The molecule has 7 atom stereocenters. The van der Waals surface area contributed by atoms with Crippen molar-refractivity contribution in [3.8, 4) is 6.07 Å². The third-order valence-corrected chi connectivity index (χ3v) is 12.6. The molecule has 14 nitrogen and oxygen atoms in total. The zero-order valence-corrected chi connectivity index (χ0v) is 35.7. The number of ether oxygens (including phenoxy) is 3. The average molecular weight is 846 g/mol. The number of nitriles is 1. The van der Waals surface area contributed by atoms with Crippen LogP contribution in [0.1, 0.15) is 146 Å². The van der Waals surface area contributed by atoms with Crippen LogP contribution in [0.5, 0.6) is 0 Å². The van der Waals surface area contributed by atoms with Gasteiger partial charge in [0.25, 0.3) is 0 Å². The van der Waals surface area contributed by atoms with E-state index < -0.39 is 55.9 Å². The molecule has 0 radical (unpaired) electrons. The summed E-state index contributed by atoms with van der Waals surface area (Å²) in [5.41, 5.74) is 3.87. The third kappa shape index (κ3) is 13.0. The minimum Gasteiger partial charge on any atom is -0.386 e. The highest BCUT2D eigenvalue weighted by atomic mass is 31.2. The minimum absolute atomic E-state index is 0.00882. The molecule has 0 spiro atoms. The van der Waals surface area contributed by atoms with Crippen molar-refractivity contribution >= 4 is 19.2 Å². The van der Waals surface area contributed by atoms with Crippen LogP contribution in [0.4, 0.5) is 10.2 Å². The lowest BCUT2D eigenvalue weighted by Crippen LogP contribution is -2.46. The molecule has 2 fully saturated rings. The van der Waals surface area contributed by atoms with E-state index in [1.807, 2.05) is 6.07 Å². The second-order valence-electron chi connectivity index (χ2n) is 16.4. The first kappa shape index (κ1) is 47.0. The number of aromatic nitrogens is 3. The summed E-state index contributed by atoms with van der Waals surface area (Å²) in [6.45, 7) is 3.72. The van der Waals surface area contributed by atoms with Crippen LogP contribution in [-0.4, -0.2) is 79.5 Å². The number of aliphatic hydroxyl groups is 2. The molecule has 5 N–H and O–H groups in total. The molecule has 3 heterocycles. The van der Waals surface area contributed by atoms with E-state index in [-0.39, 0.29) is 24.6 Å². The number of rotatable bonds is 30. The summed E-state index contributed by atoms with van der Waals surface area (Å²) in [7, 11) is -4.84. The summed E-state index contributed by atoms with van der Waals surface area (Å²) in [4.78, 5) is 14.7. The van der Waals surface area contributed by atoms with Gasteiger partial charge in [-0.15, -0.1) is 0 Å². The van der Waals surface area contributed by atoms with Gasteiger partial charge in [-0.05, 0) is 49.2 Å². The van der Waals surface area contributed by atoms with Crippen molar-refractivity contribution in [2.75, 3.05) is 25.6 Å². The first-order chi connectivity index (χ1) is 28.4. The number of nitrogens with zero attached hydrogens (tertiary/aromatic N) is 4. The summed E-state index contributed by atoms with van der Waals surface area (Å²) in [6.07, 6.45) is 19.3. The smallest absolute Gasteiger partial charge is 0.386 e. The number of benzene rings is 1. The fraction of sp³-hybridized carbons (Fsp3) is 0.698. The van der Waals surface area contributed by atoms with Crippen LogP contribution in [0.3, 0.4) is 0 Å². The van der Waals surface area contributed by atoms with E-state index in [4.69, 9.17) is 29.0 Å². The summed E-state index contributed by atoms with van der Waals surface area (Å²) in [5.74, 6) is -0.378. The van der Waals surface area contributed by atoms with Crippen LogP contribution in [0.25, 0.3) is 5.52 Å². The Morgan fingerprint density at radius 1 is 0.966 bits per heavy atom. The maximum absolute atomic E-state index is 14.1. The van der Waals surface area contributed by atoms with Crippen molar-refractivity contribution in [3.05, 3.63) is 59.3 Å². The zero-order valence-electron chi connectivity index (χ0n) is 34.8. The zero-order chi connectivity index (χ0) is 42.3. The van der Waals surface area contributed by atoms with Gasteiger partial charge in [-0.25, -0.2) is 18.5 Å². The number of hydrogen-bond acceptors (Lipinski definition) is 12. The number of hydrogen-bond donors (Lipinski definition) is 4. The number of aliphatic hydroxyl groups excluding tert-OH is 1. The van der Waals surface area contributed by atoms with Crippen LogP contribution < -0.4 is 5.73 Å². The molecular weight excluding hydrogens is 780 g/mol. The number of halogens is 1. The Kier molecular flexibility index (Phi) is 18.1. The van der Waals surface area contributed by atoms with Gasteiger partial charge in [0.1, 0.15) is 47.7 Å². The Morgan fingerprint density at radius 2 is 1.58 bits per heavy atom. The highest BCUT2D eigenvalue weighted by Crippen LogP contribution is 2.63. The van der Waals surface area contributed by atoms with Crippen molar-refractivity contribution in [2.24, 2.45) is 0 Å². The van der Waals surface area contributed by atoms with Gasteiger partial charge >= 0.3 is 7.82 Å². The Hall–Kier alpha value is -3.03. The molecule has 2 aromatic heterocycles. The monoisotopic (exact) mass is 845 g/mol. The number of phosphoric acid groups is 1.